The molecule has 0 aromatic carbocycles. The molecule has 416 valence electrons. The van der Waals surface area contributed by atoms with Crippen LogP contribution in [0.15, 0.2) is 11.6 Å². The van der Waals surface area contributed by atoms with Gasteiger partial charge in [0, 0.05) is 0 Å². The molecule has 4 heterocycles. The highest BCUT2D eigenvalue weighted by molar-refractivity contribution is 5.25. The monoisotopic (exact) mass is 1030 g/mol. The van der Waals surface area contributed by atoms with Crippen molar-refractivity contribution in [1.29, 1.82) is 0 Å². The fraction of sp³-hybridized carbons (Fsp3) is 0.961. The standard InChI is InChI=1S/C51H86O21/c1-22(2)7-6-8-23(3)27-11-12-28-26-10-9-24-17-25(13-15-50(24,4)29(26)14-16-51(27,28)5)66-47-43(64)39(60)45(32(20-54)69-47)72-49-41(62)37(58)35(56)33(70-49)21-65-46-42(63)38(59)44(31(19-53)68-46)71-48-40(61)36(57)34(55)30(18-52)67-48/h9,22-23,25-49,52-64H,6-8,10-21H2,1-5H3/t23-,25+,26+,27-,28+,29+,30?,31?,32?,33?,34-,35-,36+,37+,38-,39-,40?,41?,42?,43?,44-,45-,46-,47+,48-,49-,50+,51-/m1/s1. The van der Waals surface area contributed by atoms with Crippen LogP contribution in [-0.2, 0) is 37.9 Å². The average molecular weight is 1040 g/mol. The van der Waals surface area contributed by atoms with Gasteiger partial charge in [-0.05, 0) is 97.7 Å². The molecule has 0 spiro atoms. The van der Waals surface area contributed by atoms with Crippen molar-refractivity contribution in [3.05, 3.63) is 11.6 Å². The minimum absolute atomic E-state index is 0.0373. The number of allylic oxidation sites excluding steroid dienone is 1. The van der Waals surface area contributed by atoms with Crippen molar-refractivity contribution in [2.24, 2.45) is 46.3 Å². The molecule has 4 saturated heterocycles. The molecule has 72 heavy (non-hydrogen) atoms. The number of aliphatic hydroxyl groups excluding tert-OH is 13. The second kappa shape index (κ2) is 23.5. The van der Waals surface area contributed by atoms with Crippen LogP contribution in [0, 0.1) is 46.3 Å². The van der Waals surface area contributed by atoms with Crippen LogP contribution in [0.25, 0.3) is 0 Å². The summed E-state index contributed by atoms with van der Waals surface area (Å²) in [6.45, 7) is 9.12. The number of rotatable bonds is 17. The van der Waals surface area contributed by atoms with Gasteiger partial charge in [-0.3, -0.25) is 0 Å². The zero-order chi connectivity index (χ0) is 52.1. The molecule has 0 aromatic heterocycles. The van der Waals surface area contributed by atoms with Gasteiger partial charge in [-0.25, -0.2) is 0 Å². The van der Waals surface area contributed by atoms with E-state index in [2.05, 4.69) is 40.7 Å². The van der Waals surface area contributed by atoms with E-state index < -0.39 is 149 Å². The van der Waals surface area contributed by atoms with Crippen molar-refractivity contribution >= 4 is 0 Å². The van der Waals surface area contributed by atoms with Gasteiger partial charge < -0.3 is 104 Å². The first-order valence-corrected chi connectivity index (χ1v) is 26.7. The smallest absolute Gasteiger partial charge is 0.187 e. The van der Waals surface area contributed by atoms with Crippen LogP contribution in [0.1, 0.15) is 105 Å². The Morgan fingerprint density at radius 3 is 1.68 bits per heavy atom. The van der Waals surface area contributed by atoms with Crippen LogP contribution in [0.4, 0.5) is 0 Å². The van der Waals surface area contributed by atoms with E-state index in [9.17, 15) is 66.4 Å². The average Bonchev–Trinajstić information content (AvgIpc) is 3.72. The zero-order valence-electron chi connectivity index (χ0n) is 42.4. The third kappa shape index (κ3) is 11.0. The summed E-state index contributed by atoms with van der Waals surface area (Å²) in [5, 5.41) is 139. The van der Waals surface area contributed by atoms with Gasteiger partial charge in [-0.2, -0.15) is 0 Å². The lowest BCUT2D eigenvalue weighted by atomic mass is 9.47. The molecule has 4 aliphatic carbocycles. The number of hydrogen-bond donors (Lipinski definition) is 13. The van der Waals surface area contributed by atoms with Crippen LogP contribution < -0.4 is 0 Å². The Kier molecular flexibility index (Phi) is 18.6. The van der Waals surface area contributed by atoms with Crippen molar-refractivity contribution < 1.29 is 104 Å². The summed E-state index contributed by atoms with van der Waals surface area (Å²) in [5.74, 6) is 4.22. The normalized spacial score (nSPS) is 51.3. The maximum atomic E-state index is 11.5. The Hall–Kier alpha value is -1.10. The summed E-state index contributed by atoms with van der Waals surface area (Å²) in [4.78, 5) is 0. The first-order valence-electron chi connectivity index (χ1n) is 26.7. The molecule has 13 N–H and O–H groups in total. The fourth-order valence-corrected chi connectivity index (χ4v) is 14.5. The third-order valence-corrected chi connectivity index (χ3v) is 18.8. The number of fused-ring (bicyclic) bond motifs is 5. The summed E-state index contributed by atoms with van der Waals surface area (Å²) < 4.78 is 46.4. The zero-order valence-corrected chi connectivity index (χ0v) is 42.4. The van der Waals surface area contributed by atoms with E-state index >= 15 is 0 Å². The number of aliphatic hydroxyl groups is 13. The Bertz CT molecular complexity index is 1770. The summed E-state index contributed by atoms with van der Waals surface area (Å²) in [6.07, 6.45) is -19.3. The maximum Gasteiger partial charge on any atom is 0.187 e. The highest BCUT2D eigenvalue weighted by atomic mass is 16.8. The van der Waals surface area contributed by atoms with Gasteiger partial charge in [0.2, 0.25) is 0 Å². The Morgan fingerprint density at radius 2 is 1.08 bits per heavy atom. The molecule has 7 fully saturated rings. The molecule has 8 unspecified atom stereocenters. The van der Waals surface area contributed by atoms with Crippen LogP contribution >= 0.6 is 0 Å². The molecule has 3 saturated carbocycles. The number of hydrogen-bond acceptors (Lipinski definition) is 21. The van der Waals surface area contributed by atoms with Crippen LogP contribution in [0.2, 0.25) is 0 Å². The van der Waals surface area contributed by atoms with E-state index in [-0.39, 0.29) is 11.5 Å². The van der Waals surface area contributed by atoms with E-state index in [1.54, 1.807) is 0 Å². The van der Waals surface area contributed by atoms with Crippen molar-refractivity contribution in [3.63, 3.8) is 0 Å². The minimum atomic E-state index is -1.93. The summed E-state index contributed by atoms with van der Waals surface area (Å²) in [5.41, 5.74) is 1.78. The molecule has 0 bridgehead atoms. The summed E-state index contributed by atoms with van der Waals surface area (Å²) in [7, 11) is 0. The topological polar surface area (TPSA) is 337 Å². The van der Waals surface area contributed by atoms with Gasteiger partial charge in [0.15, 0.2) is 25.2 Å². The van der Waals surface area contributed by atoms with Gasteiger partial charge in [0.1, 0.15) is 97.7 Å². The molecule has 0 aromatic rings. The van der Waals surface area contributed by atoms with Gasteiger partial charge in [0.05, 0.1) is 32.5 Å². The SMILES string of the molecule is CC(C)CCC[C@@H](C)[C@H]1CC[C@H]2[C@@H]3CC=C4C[C@@H](O[C@H]5OC(CO)[C@@H](O[C@H]6OC(CO[C@@H]7OC(CO)[C@@H](O[C@H]8OC(CO)[C@@H](O)[C@H](O)C8O)[C@H](O)C7O)[C@@H](O)[C@H](O)C6O)[C@H](O)C5O)CC[C@]4(C)[C@H]3CC[C@]12C. The fourth-order valence-electron chi connectivity index (χ4n) is 14.5. The third-order valence-electron chi connectivity index (χ3n) is 18.8. The maximum absolute atomic E-state index is 11.5. The highest BCUT2D eigenvalue weighted by Gasteiger charge is 2.60. The molecule has 28 atom stereocenters. The Morgan fingerprint density at radius 1 is 0.556 bits per heavy atom. The van der Waals surface area contributed by atoms with Crippen LogP contribution in [0.5, 0.6) is 0 Å². The molecule has 8 aliphatic rings. The second-order valence-corrected chi connectivity index (χ2v) is 23.5. The first-order chi connectivity index (χ1) is 34.2. The van der Waals surface area contributed by atoms with Crippen molar-refractivity contribution in [2.45, 2.75) is 234 Å². The van der Waals surface area contributed by atoms with Crippen molar-refractivity contribution in [1.82, 2.24) is 0 Å². The van der Waals surface area contributed by atoms with E-state index in [0.717, 1.165) is 36.5 Å². The molecular formula is C51H86O21. The molecule has 0 radical (unpaired) electrons. The second-order valence-electron chi connectivity index (χ2n) is 23.5. The molecule has 4 aliphatic heterocycles. The summed E-state index contributed by atoms with van der Waals surface area (Å²) in [6, 6.07) is 0. The van der Waals surface area contributed by atoms with Gasteiger partial charge >= 0.3 is 0 Å². The Balaban J connectivity index is 0.848. The highest BCUT2D eigenvalue weighted by Crippen LogP contribution is 2.67. The van der Waals surface area contributed by atoms with Gasteiger partial charge in [-0.15, -0.1) is 0 Å². The van der Waals surface area contributed by atoms with E-state index in [4.69, 9.17) is 37.9 Å². The molecule has 0 amide bonds. The predicted molar refractivity (Wildman–Crippen MR) is 250 cm³/mol. The molecule has 8 rings (SSSR count). The lowest BCUT2D eigenvalue weighted by Gasteiger charge is -2.58. The molecular weight excluding hydrogens is 949 g/mol. The lowest BCUT2D eigenvalue weighted by molar-refractivity contribution is -0.374. The van der Waals surface area contributed by atoms with Crippen molar-refractivity contribution in [3.8, 4) is 0 Å². The van der Waals surface area contributed by atoms with E-state index in [1.807, 2.05) is 0 Å². The van der Waals surface area contributed by atoms with Crippen LogP contribution in [0.3, 0.4) is 0 Å². The minimum Gasteiger partial charge on any atom is -0.394 e. The van der Waals surface area contributed by atoms with E-state index in [1.165, 1.54) is 50.5 Å². The van der Waals surface area contributed by atoms with Gasteiger partial charge in [0.25, 0.3) is 0 Å². The Labute approximate surface area is 421 Å². The predicted octanol–water partition coefficient (Wildman–Crippen LogP) is -1.31. The largest absolute Gasteiger partial charge is 0.394 e. The quantitative estimate of drug-likeness (QED) is 0.0752. The summed E-state index contributed by atoms with van der Waals surface area (Å²) >= 11 is 0. The number of ether oxygens (including phenoxy) is 8. The van der Waals surface area contributed by atoms with E-state index in [0.29, 0.717) is 30.1 Å². The van der Waals surface area contributed by atoms with Crippen LogP contribution in [-0.4, -0.2) is 222 Å². The first kappa shape index (κ1) is 57.1. The van der Waals surface area contributed by atoms with Gasteiger partial charge in [-0.1, -0.05) is 65.5 Å². The van der Waals surface area contributed by atoms with Crippen molar-refractivity contribution in [2.75, 3.05) is 26.4 Å². The molecule has 21 nitrogen and oxygen atoms in total. The lowest BCUT2D eigenvalue weighted by Crippen LogP contribution is -2.66. The molecule has 21 heteroatoms.